The van der Waals surface area contributed by atoms with Crippen LogP contribution < -0.4 is 0 Å². The second kappa shape index (κ2) is 11.0. The highest BCUT2D eigenvalue weighted by atomic mass is 32.1. The molecule has 114 valence electrons. The van der Waals surface area contributed by atoms with Gasteiger partial charge >= 0.3 is 0 Å². The summed E-state index contributed by atoms with van der Waals surface area (Å²) in [6, 6.07) is 0. The van der Waals surface area contributed by atoms with Gasteiger partial charge in [-0.1, -0.05) is 25.7 Å². The lowest BCUT2D eigenvalue weighted by molar-refractivity contribution is 0.0232. The first-order chi connectivity index (χ1) is 9.33. The summed E-state index contributed by atoms with van der Waals surface area (Å²) in [5.41, 5.74) is 0.330. The summed E-state index contributed by atoms with van der Waals surface area (Å²) >= 11 is 4.56. The lowest BCUT2D eigenvalue weighted by Crippen LogP contribution is -2.29. The largest absolute Gasteiger partial charge is 0.382 e. The van der Waals surface area contributed by atoms with Gasteiger partial charge in [-0.15, -0.1) is 0 Å². The minimum atomic E-state index is 0.330. The molecule has 0 bridgehead atoms. The summed E-state index contributed by atoms with van der Waals surface area (Å²) in [7, 11) is 1.69. The van der Waals surface area contributed by atoms with Crippen molar-refractivity contribution < 1.29 is 14.2 Å². The molecule has 0 spiro atoms. The fourth-order valence-electron chi connectivity index (χ4n) is 2.62. The van der Waals surface area contributed by atoms with E-state index >= 15 is 0 Å². The molecular weight excluding hydrogens is 260 g/mol. The molecule has 0 aromatic rings. The first-order valence-corrected chi connectivity index (χ1v) is 8.21. The van der Waals surface area contributed by atoms with Crippen molar-refractivity contribution in [1.29, 1.82) is 0 Å². The number of thiol groups is 1. The van der Waals surface area contributed by atoms with Crippen LogP contribution in [0.1, 0.15) is 44.9 Å². The Morgan fingerprint density at radius 1 is 0.895 bits per heavy atom. The summed E-state index contributed by atoms with van der Waals surface area (Å²) in [5, 5.41) is 0. The lowest BCUT2D eigenvalue weighted by atomic mass is 9.83. The molecule has 1 fully saturated rings. The monoisotopic (exact) mass is 290 g/mol. The molecule has 0 aliphatic heterocycles. The van der Waals surface area contributed by atoms with Crippen molar-refractivity contribution >= 4 is 12.6 Å². The molecule has 4 heteroatoms. The predicted molar refractivity (Wildman–Crippen MR) is 82.1 cm³/mol. The standard InChI is InChI=1S/C15H30O3S/c1-16-11-12-17-9-6-10-18-13-15(14-19)7-4-2-3-5-8-15/h19H,2-14H2,1H3. The predicted octanol–water partition coefficient (Wildman–Crippen LogP) is 3.33. The van der Waals surface area contributed by atoms with Gasteiger partial charge < -0.3 is 14.2 Å². The molecule has 0 unspecified atom stereocenters. The van der Waals surface area contributed by atoms with Crippen LogP contribution in [0.3, 0.4) is 0 Å². The average molecular weight is 290 g/mol. The second-order valence-electron chi connectivity index (χ2n) is 5.58. The number of hydrogen-bond acceptors (Lipinski definition) is 4. The Bertz CT molecular complexity index is 204. The van der Waals surface area contributed by atoms with E-state index in [0.29, 0.717) is 18.6 Å². The highest BCUT2D eigenvalue weighted by Gasteiger charge is 2.29. The summed E-state index contributed by atoms with van der Waals surface area (Å²) in [5.74, 6) is 0.956. The molecule has 0 aromatic carbocycles. The van der Waals surface area contributed by atoms with Gasteiger partial charge in [0.25, 0.3) is 0 Å². The molecular formula is C15H30O3S. The van der Waals surface area contributed by atoms with Crippen LogP contribution in [0.2, 0.25) is 0 Å². The molecule has 0 heterocycles. The van der Waals surface area contributed by atoms with E-state index in [9.17, 15) is 0 Å². The first kappa shape index (κ1) is 17.3. The molecule has 1 saturated carbocycles. The third-order valence-electron chi connectivity index (χ3n) is 3.92. The second-order valence-corrected chi connectivity index (χ2v) is 5.90. The van der Waals surface area contributed by atoms with E-state index in [1.165, 1.54) is 38.5 Å². The van der Waals surface area contributed by atoms with Gasteiger partial charge in [0.1, 0.15) is 0 Å². The smallest absolute Gasteiger partial charge is 0.0700 e. The van der Waals surface area contributed by atoms with Crippen LogP contribution in [0.5, 0.6) is 0 Å². The van der Waals surface area contributed by atoms with Gasteiger partial charge in [0.2, 0.25) is 0 Å². The van der Waals surface area contributed by atoms with Crippen LogP contribution in [0.15, 0.2) is 0 Å². The van der Waals surface area contributed by atoms with Crippen LogP contribution in [0.4, 0.5) is 0 Å². The highest BCUT2D eigenvalue weighted by Crippen LogP contribution is 2.36. The third-order valence-corrected chi connectivity index (χ3v) is 4.59. The van der Waals surface area contributed by atoms with Crippen molar-refractivity contribution in [3.05, 3.63) is 0 Å². The van der Waals surface area contributed by atoms with E-state index < -0.39 is 0 Å². The molecule has 19 heavy (non-hydrogen) atoms. The maximum absolute atomic E-state index is 5.87. The highest BCUT2D eigenvalue weighted by molar-refractivity contribution is 7.80. The van der Waals surface area contributed by atoms with E-state index in [2.05, 4.69) is 12.6 Å². The summed E-state index contributed by atoms with van der Waals surface area (Å²) < 4.78 is 16.2. The molecule has 0 N–H and O–H groups in total. The molecule has 0 atom stereocenters. The Hall–Kier alpha value is 0.230. The normalized spacial score (nSPS) is 19.3. The van der Waals surface area contributed by atoms with Gasteiger partial charge in [0, 0.05) is 25.7 Å². The van der Waals surface area contributed by atoms with Gasteiger partial charge in [-0.05, 0) is 25.0 Å². The summed E-state index contributed by atoms with van der Waals surface area (Å²) in [6.07, 6.45) is 8.95. The molecule has 0 amide bonds. The van der Waals surface area contributed by atoms with Crippen LogP contribution in [0, 0.1) is 5.41 Å². The summed E-state index contributed by atoms with van der Waals surface area (Å²) in [4.78, 5) is 0. The maximum atomic E-state index is 5.87. The Morgan fingerprint density at radius 3 is 2.21 bits per heavy atom. The van der Waals surface area contributed by atoms with E-state index in [-0.39, 0.29) is 0 Å². The fourth-order valence-corrected chi connectivity index (χ4v) is 3.03. The van der Waals surface area contributed by atoms with Gasteiger partial charge in [-0.25, -0.2) is 0 Å². The zero-order chi connectivity index (χ0) is 13.8. The molecule has 3 nitrogen and oxygen atoms in total. The van der Waals surface area contributed by atoms with Gasteiger partial charge in [0.05, 0.1) is 19.8 Å². The number of ether oxygens (including phenoxy) is 3. The lowest BCUT2D eigenvalue weighted by Gasteiger charge is -2.30. The Morgan fingerprint density at radius 2 is 1.58 bits per heavy atom. The number of rotatable bonds is 10. The van der Waals surface area contributed by atoms with E-state index in [4.69, 9.17) is 14.2 Å². The quantitative estimate of drug-likeness (QED) is 0.380. The molecule has 0 saturated heterocycles. The van der Waals surface area contributed by atoms with Crippen molar-refractivity contribution in [3.63, 3.8) is 0 Å². The zero-order valence-electron chi connectivity index (χ0n) is 12.4. The molecule has 1 rings (SSSR count). The molecule has 0 aromatic heterocycles. The number of methoxy groups -OCH3 is 1. The van der Waals surface area contributed by atoms with Crippen molar-refractivity contribution in [1.82, 2.24) is 0 Å². The molecule has 1 aliphatic rings. The fraction of sp³-hybridized carbons (Fsp3) is 1.00. The van der Waals surface area contributed by atoms with Crippen molar-refractivity contribution in [2.75, 3.05) is 45.9 Å². The zero-order valence-corrected chi connectivity index (χ0v) is 13.3. The first-order valence-electron chi connectivity index (χ1n) is 7.58. The Kier molecular flexibility index (Phi) is 9.96. The van der Waals surface area contributed by atoms with Crippen LogP contribution in [-0.4, -0.2) is 45.9 Å². The van der Waals surface area contributed by atoms with Gasteiger partial charge in [-0.2, -0.15) is 12.6 Å². The Balaban J connectivity index is 2.05. The van der Waals surface area contributed by atoms with Crippen molar-refractivity contribution in [3.8, 4) is 0 Å². The Labute approximate surface area is 123 Å². The number of hydrogen-bond donors (Lipinski definition) is 1. The van der Waals surface area contributed by atoms with Crippen molar-refractivity contribution in [2.45, 2.75) is 44.9 Å². The van der Waals surface area contributed by atoms with Crippen LogP contribution >= 0.6 is 12.6 Å². The van der Waals surface area contributed by atoms with Crippen LogP contribution in [0.25, 0.3) is 0 Å². The van der Waals surface area contributed by atoms with E-state index in [1.54, 1.807) is 7.11 Å². The maximum Gasteiger partial charge on any atom is 0.0700 e. The van der Waals surface area contributed by atoms with E-state index in [0.717, 1.165) is 32.0 Å². The van der Waals surface area contributed by atoms with Crippen LogP contribution in [-0.2, 0) is 14.2 Å². The van der Waals surface area contributed by atoms with Gasteiger partial charge in [-0.3, -0.25) is 0 Å². The molecule has 0 radical (unpaired) electrons. The summed E-state index contributed by atoms with van der Waals surface area (Å²) in [6.45, 7) is 3.77. The van der Waals surface area contributed by atoms with Crippen molar-refractivity contribution in [2.24, 2.45) is 5.41 Å². The minimum Gasteiger partial charge on any atom is -0.382 e. The minimum absolute atomic E-state index is 0.330. The third kappa shape index (κ3) is 7.54. The molecule has 1 aliphatic carbocycles. The average Bonchev–Trinajstić information content (AvgIpc) is 2.68. The topological polar surface area (TPSA) is 27.7 Å². The van der Waals surface area contributed by atoms with E-state index in [1.807, 2.05) is 0 Å². The SMILES string of the molecule is COCCOCCCOCC1(CS)CCCCCC1. The van der Waals surface area contributed by atoms with Gasteiger partial charge in [0.15, 0.2) is 0 Å².